The average molecular weight is 431 g/mol. The molecule has 0 aromatic heterocycles. The Bertz CT molecular complexity index is 865. The summed E-state index contributed by atoms with van der Waals surface area (Å²) in [4.78, 5) is 16.2. The summed E-state index contributed by atoms with van der Waals surface area (Å²) in [5.74, 6) is -0.472. The summed E-state index contributed by atoms with van der Waals surface area (Å²) >= 11 is 0. The summed E-state index contributed by atoms with van der Waals surface area (Å²) in [5.41, 5.74) is 34.8. The molecule has 31 heavy (non-hydrogen) atoms. The van der Waals surface area contributed by atoms with Crippen LogP contribution < -0.4 is 39.7 Å². The number of amides is 1. The van der Waals surface area contributed by atoms with E-state index in [2.05, 4.69) is 30.7 Å². The van der Waals surface area contributed by atoms with E-state index in [9.17, 15) is 4.79 Å². The number of anilines is 1. The smallest absolute Gasteiger partial charge is 0.224 e. The highest BCUT2D eigenvalue weighted by Gasteiger charge is 2.09. The topological polar surface area (TPSA) is 247 Å². The molecule has 0 aliphatic heterocycles. The number of hydrogen-bond acceptors (Lipinski definition) is 6. The third-order valence-electron chi connectivity index (χ3n) is 3.79. The first-order chi connectivity index (χ1) is 14.6. The lowest BCUT2D eigenvalue weighted by atomic mass is 10.0. The number of benzene rings is 1. The van der Waals surface area contributed by atoms with Crippen LogP contribution in [0.1, 0.15) is 44.2 Å². The summed E-state index contributed by atoms with van der Waals surface area (Å²) in [5, 5.41) is 18.1. The first kappa shape index (κ1) is 24.9. The molecule has 1 rings (SSSR count). The van der Waals surface area contributed by atoms with Gasteiger partial charge in [0.2, 0.25) is 17.8 Å². The fraction of sp³-hybridized carbons (Fsp3) is 0.333. The van der Waals surface area contributed by atoms with Crippen LogP contribution in [0.2, 0.25) is 0 Å². The van der Waals surface area contributed by atoms with Crippen molar-refractivity contribution in [2.75, 3.05) is 11.9 Å². The van der Waals surface area contributed by atoms with Gasteiger partial charge in [-0.05, 0) is 44.9 Å². The number of nitrogens with two attached hydrogens (primary N) is 6. The summed E-state index contributed by atoms with van der Waals surface area (Å²) in [6, 6.07) is 5.29. The number of nitrogens with one attached hydrogen (secondary N) is 1. The van der Waals surface area contributed by atoms with Gasteiger partial charge in [0, 0.05) is 29.8 Å². The SMILES string of the molecule is C/C(=N\N=C(N)N)c1cc(NC(=O)CCCCN=C(N)N)cc(/C(C)=N/N=C(N)N)c1. The van der Waals surface area contributed by atoms with Crippen molar-refractivity contribution in [3.8, 4) is 0 Å². The van der Waals surface area contributed by atoms with E-state index >= 15 is 0 Å². The third kappa shape index (κ3) is 10.3. The van der Waals surface area contributed by atoms with Crippen LogP contribution in [0.15, 0.2) is 43.6 Å². The minimum Gasteiger partial charge on any atom is -0.370 e. The number of carbonyl (C=O) groups is 1. The normalized spacial score (nSPS) is 11.4. The third-order valence-corrected chi connectivity index (χ3v) is 3.79. The van der Waals surface area contributed by atoms with Crippen molar-refractivity contribution in [1.82, 2.24) is 0 Å². The molecule has 0 aliphatic rings. The molecular weight excluding hydrogens is 400 g/mol. The van der Waals surface area contributed by atoms with Crippen molar-refractivity contribution >= 4 is 40.9 Å². The van der Waals surface area contributed by atoms with E-state index in [0.717, 1.165) is 0 Å². The molecule has 0 saturated carbocycles. The highest BCUT2D eigenvalue weighted by Crippen LogP contribution is 2.18. The van der Waals surface area contributed by atoms with Gasteiger partial charge in [0.05, 0.1) is 11.4 Å². The Hall–Kier alpha value is -4.16. The van der Waals surface area contributed by atoms with Crippen LogP contribution in [0.4, 0.5) is 5.69 Å². The Labute approximate surface area is 180 Å². The molecule has 0 radical (unpaired) electrons. The van der Waals surface area contributed by atoms with Gasteiger partial charge in [-0.25, -0.2) is 0 Å². The highest BCUT2D eigenvalue weighted by atomic mass is 16.1. The molecule has 13 nitrogen and oxygen atoms in total. The van der Waals surface area contributed by atoms with Gasteiger partial charge in [0.25, 0.3) is 0 Å². The number of nitrogens with zero attached hydrogens (tertiary/aromatic N) is 5. The monoisotopic (exact) mass is 430 g/mol. The van der Waals surface area contributed by atoms with E-state index in [1.807, 2.05) is 0 Å². The van der Waals surface area contributed by atoms with E-state index in [4.69, 9.17) is 34.4 Å². The molecule has 13 N–H and O–H groups in total. The minimum absolute atomic E-state index is 0.0318. The van der Waals surface area contributed by atoms with E-state index in [1.165, 1.54) is 0 Å². The molecule has 0 atom stereocenters. The summed E-state index contributed by atoms with van der Waals surface area (Å²) in [7, 11) is 0. The second kappa shape index (κ2) is 12.4. The van der Waals surface area contributed by atoms with Crippen molar-refractivity contribution in [2.45, 2.75) is 33.1 Å². The Morgan fingerprint density at radius 3 is 1.74 bits per heavy atom. The molecule has 0 saturated heterocycles. The maximum atomic E-state index is 12.3. The second-order valence-corrected chi connectivity index (χ2v) is 6.53. The van der Waals surface area contributed by atoms with E-state index in [1.54, 1.807) is 32.0 Å². The largest absolute Gasteiger partial charge is 0.370 e. The molecule has 0 bridgehead atoms. The maximum Gasteiger partial charge on any atom is 0.224 e. The average Bonchev–Trinajstić information content (AvgIpc) is 2.69. The van der Waals surface area contributed by atoms with Gasteiger partial charge < -0.3 is 39.7 Å². The first-order valence-electron chi connectivity index (χ1n) is 9.36. The van der Waals surface area contributed by atoms with E-state index < -0.39 is 0 Å². The van der Waals surface area contributed by atoms with Crippen LogP contribution in [-0.2, 0) is 4.79 Å². The molecule has 0 aliphatic carbocycles. The minimum atomic E-state index is -0.171. The van der Waals surface area contributed by atoms with Gasteiger partial charge >= 0.3 is 0 Å². The van der Waals surface area contributed by atoms with Crippen LogP contribution >= 0.6 is 0 Å². The number of guanidine groups is 3. The Balaban J connectivity index is 3.09. The summed E-state index contributed by atoms with van der Waals surface area (Å²) in [6.07, 6.45) is 1.62. The van der Waals surface area contributed by atoms with Crippen LogP contribution in [0.3, 0.4) is 0 Å². The Kier molecular flexibility index (Phi) is 9.96. The van der Waals surface area contributed by atoms with Gasteiger partial charge in [0.1, 0.15) is 0 Å². The van der Waals surface area contributed by atoms with E-state index in [0.29, 0.717) is 54.0 Å². The molecule has 0 spiro atoms. The Morgan fingerprint density at radius 1 is 0.774 bits per heavy atom. The van der Waals surface area contributed by atoms with Crippen LogP contribution in [0, 0.1) is 0 Å². The number of aliphatic imine (C=N–C) groups is 1. The molecule has 1 aromatic carbocycles. The van der Waals surface area contributed by atoms with Gasteiger partial charge in [-0.1, -0.05) is 0 Å². The fourth-order valence-electron chi connectivity index (χ4n) is 2.33. The second-order valence-electron chi connectivity index (χ2n) is 6.53. The zero-order valence-corrected chi connectivity index (χ0v) is 17.7. The van der Waals surface area contributed by atoms with Crippen molar-refractivity contribution in [2.24, 2.45) is 59.8 Å². The molecule has 1 aromatic rings. The molecule has 0 fully saturated rings. The van der Waals surface area contributed by atoms with Crippen molar-refractivity contribution < 1.29 is 4.79 Å². The van der Waals surface area contributed by atoms with Crippen LogP contribution in [0.5, 0.6) is 0 Å². The molecule has 168 valence electrons. The van der Waals surface area contributed by atoms with E-state index in [-0.39, 0.29) is 23.8 Å². The van der Waals surface area contributed by atoms with Crippen LogP contribution in [0.25, 0.3) is 0 Å². The number of unbranched alkanes of at least 4 members (excludes halogenated alkanes) is 1. The lowest BCUT2D eigenvalue weighted by Gasteiger charge is -2.11. The lowest BCUT2D eigenvalue weighted by molar-refractivity contribution is -0.116. The molecule has 1 amide bonds. The van der Waals surface area contributed by atoms with Gasteiger partial charge in [-0.3, -0.25) is 9.79 Å². The zero-order chi connectivity index (χ0) is 23.4. The van der Waals surface area contributed by atoms with Crippen molar-refractivity contribution in [3.05, 3.63) is 29.3 Å². The standard InChI is InChI=1S/C18H30N12O/c1-10(27-29-17(21)22)12-7-13(11(2)28-30-18(23)24)9-14(8-12)26-15(31)5-3-4-6-25-16(19)20/h7-9H,3-6H2,1-2H3,(H,26,31)(H4,19,20,25)(H4,21,22,29)(H4,23,24,30)/b27-10+,28-11+. The van der Waals surface area contributed by atoms with Gasteiger partial charge in [-0.2, -0.15) is 10.2 Å². The maximum absolute atomic E-state index is 12.3. The van der Waals surface area contributed by atoms with Gasteiger partial charge in [0.15, 0.2) is 5.96 Å². The van der Waals surface area contributed by atoms with Crippen molar-refractivity contribution in [3.63, 3.8) is 0 Å². The highest BCUT2D eigenvalue weighted by molar-refractivity contribution is 6.06. The molecule has 0 unspecified atom stereocenters. The molecule has 0 heterocycles. The number of carbonyl (C=O) groups excluding carboxylic acids is 1. The van der Waals surface area contributed by atoms with Gasteiger partial charge in [-0.15, -0.1) is 10.2 Å². The first-order valence-corrected chi connectivity index (χ1v) is 9.36. The van der Waals surface area contributed by atoms with Crippen molar-refractivity contribution in [1.29, 1.82) is 0 Å². The predicted molar refractivity (Wildman–Crippen MR) is 126 cm³/mol. The van der Waals surface area contributed by atoms with Crippen LogP contribution in [-0.4, -0.2) is 41.8 Å². The predicted octanol–water partition coefficient (Wildman–Crippen LogP) is -0.936. The summed E-state index contributed by atoms with van der Waals surface area (Å²) < 4.78 is 0. The number of hydrogen-bond donors (Lipinski definition) is 7. The fourth-order valence-corrected chi connectivity index (χ4v) is 2.33. The number of rotatable bonds is 10. The quantitative estimate of drug-likeness (QED) is 0.106. The molecule has 13 heteroatoms. The molecular formula is C18H30N12O. The lowest BCUT2D eigenvalue weighted by Crippen LogP contribution is -2.23. The summed E-state index contributed by atoms with van der Waals surface area (Å²) in [6.45, 7) is 3.92. The zero-order valence-electron chi connectivity index (χ0n) is 17.7. The Morgan fingerprint density at radius 2 is 1.29 bits per heavy atom.